The van der Waals surface area contributed by atoms with Crippen LogP contribution in [0.4, 0.5) is 4.39 Å². The van der Waals surface area contributed by atoms with Gasteiger partial charge in [0.1, 0.15) is 11.6 Å². The molecule has 2 rings (SSSR count). The van der Waals surface area contributed by atoms with Crippen LogP contribution in [0.2, 0.25) is 0 Å². The second-order valence-corrected chi connectivity index (χ2v) is 6.12. The highest BCUT2D eigenvalue weighted by Gasteiger charge is 2.39. The van der Waals surface area contributed by atoms with E-state index in [-0.39, 0.29) is 22.4 Å². The van der Waals surface area contributed by atoms with Crippen LogP contribution in [-0.2, 0) is 10.8 Å². The van der Waals surface area contributed by atoms with Crippen molar-refractivity contribution in [2.75, 3.05) is 0 Å². The molecule has 1 aromatic rings. The van der Waals surface area contributed by atoms with Crippen LogP contribution in [0, 0.1) is 5.82 Å². The average Bonchev–Trinajstić information content (AvgIpc) is 2.11. The normalized spacial score (nSPS) is 21.6. The molecule has 88 valence electrons. The van der Waals surface area contributed by atoms with Crippen LogP contribution >= 0.6 is 0 Å². The zero-order chi connectivity index (χ0) is 12.1. The molecule has 0 saturated carbocycles. The van der Waals surface area contributed by atoms with Gasteiger partial charge in [-0.25, -0.2) is 4.39 Å². The van der Waals surface area contributed by atoms with E-state index in [4.69, 9.17) is 0 Å². The molecule has 0 bridgehead atoms. The molecule has 0 unspecified atom stereocenters. The summed E-state index contributed by atoms with van der Waals surface area (Å²) >= 11 is 0. The van der Waals surface area contributed by atoms with Crippen molar-refractivity contribution in [2.24, 2.45) is 0 Å². The van der Waals surface area contributed by atoms with Crippen LogP contribution in [0.25, 0.3) is 0 Å². The lowest BCUT2D eigenvalue weighted by molar-refractivity contribution is 0.317. The summed E-state index contributed by atoms with van der Waals surface area (Å²) in [6.07, 6.45) is 2.00. The number of hydrogen-bond donors (Lipinski definition) is 1. The second-order valence-electron chi connectivity index (χ2n) is 6.12. The zero-order valence-electron chi connectivity index (χ0n) is 10.4. The Bertz CT molecular complexity index is 433. The van der Waals surface area contributed by atoms with Crippen LogP contribution in [0.1, 0.15) is 51.7 Å². The van der Waals surface area contributed by atoms with E-state index < -0.39 is 0 Å². The third kappa shape index (κ3) is 1.60. The number of fused-ring (bicyclic) bond motifs is 1. The first-order valence-corrected chi connectivity index (χ1v) is 5.77. The molecule has 0 spiro atoms. The molecular weight excluding hydrogens is 203 g/mol. The van der Waals surface area contributed by atoms with E-state index in [0.29, 0.717) is 0 Å². The molecule has 1 aliphatic rings. The van der Waals surface area contributed by atoms with E-state index >= 15 is 0 Å². The second kappa shape index (κ2) is 3.22. The zero-order valence-corrected chi connectivity index (χ0v) is 10.4. The first-order valence-electron chi connectivity index (χ1n) is 5.77. The van der Waals surface area contributed by atoms with Gasteiger partial charge >= 0.3 is 0 Å². The van der Waals surface area contributed by atoms with Gasteiger partial charge in [-0.3, -0.25) is 0 Å². The molecule has 16 heavy (non-hydrogen) atoms. The third-order valence-corrected chi connectivity index (χ3v) is 3.86. The molecule has 0 fully saturated rings. The van der Waals surface area contributed by atoms with E-state index in [1.807, 2.05) is 0 Å². The van der Waals surface area contributed by atoms with Gasteiger partial charge in [-0.1, -0.05) is 27.7 Å². The molecule has 0 amide bonds. The van der Waals surface area contributed by atoms with Gasteiger partial charge in [-0.15, -0.1) is 0 Å². The smallest absolute Gasteiger partial charge is 0.130 e. The Labute approximate surface area is 96.3 Å². The van der Waals surface area contributed by atoms with Crippen LogP contribution in [0.5, 0.6) is 5.75 Å². The average molecular weight is 222 g/mol. The Kier molecular flexibility index (Phi) is 2.30. The highest BCUT2D eigenvalue weighted by atomic mass is 19.1. The van der Waals surface area contributed by atoms with E-state index in [0.717, 1.165) is 24.0 Å². The van der Waals surface area contributed by atoms with Crippen molar-refractivity contribution in [2.45, 2.75) is 51.4 Å². The van der Waals surface area contributed by atoms with Gasteiger partial charge in [0.2, 0.25) is 0 Å². The number of rotatable bonds is 0. The molecule has 0 radical (unpaired) electrons. The number of benzene rings is 1. The fourth-order valence-corrected chi connectivity index (χ4v) is 2.70. The third-order valence-electron chi connectivity index (χ3n) is 3.86. The van der Waals surface area contributed by atoms with Crippen molar-refractivity contribution < 1.29 is 9.50 Å². The summed E-state index contributed by atoms with van der Waals surface area (Å²) in [6, 6.07) is 2.95. The fraction of sp³-hybridized carbons (Fsp3) is 0.571. The van der Waals surface area contributed by atoms with Crippen LogP contribution in [0.15, 0.2) is 12.1 Å². The Morgan fingerprint density at radius 2 is 1.62 bits per heavy atom. The molecule has 0 aromatic heterocycles. The molecule has 0 heterocycles. The summed E-state index contributed by atoms with van der Waals surface area (Å²) in [5, 5.41) is 9.53. The number of hydrogen-bond acceptors (Lipinski definition) is 1. The van der Waals surface area contributed by atoms with Gasteiger partial charge in [0.25, 0.3) is 0 Å². The first-order chi connectivity index (χ1) is 7.24. The molecule has 1 aliphatic carbocycles. The molecule has 0 saturated heterocycles. The Hall–Kier alpha value is -1.05. The maximum absolute atomic E-state index is 14.0. The lowest BCUT2D eigenvalue weighted by atomic mass is 9.63. The summed E-state index contributed by atoms with van der Waals surface area (Å²) in [7, 11) is 0. The fourth-order valence-electron chi connectivity index (χ4n) is 2.70. The van der Waals surface area contributed by atoms with Crippen LogP contribution in [-0.4, -0.2) is 5.11 Å². The van der Waals surface area contributed by atoms with Gasteiger partial charge < -0.3 is 5.11 Å². The quantitative estimate of drug-likeness (QED) is 0.706. The lowest BCUT2D eigenvalue weighted by Crippen LogP contribution is -2.34. The van der Waals surface area contributed by atoms with Gasteiger partial charge in [-0.2, -0.15) is 0 Å². The molecular formula is C14H19FO. The number of halogens is 1. The number of phenols is 1. The van der Waals surface area contributed by atoms with E-state index in [1.54, 1.807) is 6.07 Å². The van der Waals surface area contributed by atoms with Crippen molar-refractivity contribution in [3.8, 4) is 5.75 Å². The minimum absolute atomic E-state index is 0.0297. The van der Waals surface area contributed by atoms with Crippen molar-refractivity contribution in [1.29, 1.82) is 0 Å². The molecule has 0 aliphatic heterocycles. The number of phenolic OH excluding ortho intramolecular Hbond substituents is 1. The molecule has 1 aromatic carbocycles. The van der Waals surface area contributed by atoms with Gasteiger partial charge in [-0.05, 0) is 40.9 Å². The topological polar surface area (TPSA) is 20.2 Å². The van der Waals surface area contributed by atoms with Gasteiger partial charge in [0.15, 0.2) is 0 Å². The monoisotopic (exact) mass is 222 g/mol. The summed E-state index contributed by atoms with van der Waals surface area (Å²) in [4.78, 5) is 0. The maximum Gasteiger partial charge on any atom is 0.130 e. The van der Waals surface area contributed by atoms with E-state index in [2.05, 4.69) is 27.7 Å². The van der Waals surface area contributed by atoms with Gasteiger partial charge in [0.05, 0.1) is 0 Å². The minimum atomic E-state index is -0.271. The maximum atomic E-state index is 14.0. The SMILES string of the molecule is CC1(C)CCC(C)(C)c2c(F)cc(O)cc21. The lowest BCUT2D eigenvalue weighted by Gasteiger charge is -2.41. The first kappa shape index (κ1) is 11.4. The Morgan fingerprint density at radius 3 is 2.25 bits per heavy atom. The van der Waals surface area contributed by atoms with E-state index in [9.17, 15) is 9.50 Å². The van der Waals surface area contributed by atoms with Crippen molar-refractivity contribution in [3.05, 3.63) is 29.1 Å². The van der Waals surface area contributed by atoms with Crippen molar-refractivity contribution in [3.63, 3.8) is 0 Å². The van der Waals surface area contributed by atoms with Crippen molar-refractivity contribution in [1.82, 2.24) is 0 Å². The van der Waals surface area contributed by atoms with Crippen LogP contribution < -0.4 is 0 Å². The standard InChI is InChI=1S/C14H19FO/c1-13(2)5-6-14(3,4)12-10(13)7-9(16)8-11(12)15/h7-8,16H,5-6H2,1-4H3. The van der Waals surface area contributed by atoms with Gasteiger partial charge in [0, 0.05) is 6.07 Å². The van der Waals surface area contributed by atoms with E-state index in [1.165, 1.54) is 6.07 Å². The summed E-state index contributed by atoms with van der Waals surface area (Å²) in [5.41, 5.74) is 1.55. The van der Waals surface area contributed by atoms with Crippen LogP contribution in [0.3, 0.4) is 0 Å². The Balaban J connectivity index is 2.74. The minimum Gasteiger partial charge on any atom is -0.508 e. The summed E-state index contributed by atoms with van der Waals surface area (Å²) in [5.74, 6) is -0.241. The predicted molar refractivity (Wildman–Crippen MR) is 63.4 cm³/mol. The highest BCUT2D eigenvalue weighted by molar-refractivity contribution is 5.46. The number of aromatic hydroxyl groups is 1. The highest BCUT2D eigenvalue weighted by Crippen LogP contribution is 2.47. The molecule has 2 heteroatoms. The predicted octanol–water partition coefficient (Wildman–Crippen LogP) is 3.88. The Morgan fingerprint density at radius 1 is 1.06 bits per heavy atom. The molecule has 1 nitrogen and oxygen atoms in total. The summed E-state index contributed by atoms with van der Waals surface area (Å²) < 4.78 is 14.0. The summed E-state index contributed by atoms with van der Waals surface area (Å²) in [6.45, 7) is 8.36. The van der Waals surface area contributed by atoms with Crippen molar-refractivity contribution >= 4 is 0 Å². The largest absolute Gasteiger partial charge is 0.508 e. The molecule has 0 atom stereocenters. The molecule has 1 N–H and O–H groups in total.